The summed E-state index contributed by atoms with van der Waals surface area (Å²) in [6.45, 7) is 9.62. The van der Waals surface area contributed by atoms with E-state index in [1.54, 1.807) is 14.0 Å². The van der Waals surface area contributed by atoms with Crippen LogP contribution in [-0.2, 0) is 9.47 Å². The van der Waals surface area contributed by atoms with E-state index in [0.29, 0.717) is 6.42 Å². The third-order valence-electron chi connectivity index (χ3n) is 5.03. The topological polar surface area (TPSA) is 79.2 Å². The Labute approximate surface area is 128 Å². The predicted molar refractivity (Wildman–Crippen MR) is 80.7 cm³/mol. The van der Waals surface area contributed by atoms with E-state index in [9.17, 15) is 15.3 Å². The van der Waals surface area contributed by atoms with Crippen LogP contribution in [0.1, 0.15) is 41.0 Å². The molecule has 7 atom stereocenters. The monoisotopic (exact) mass is 304 g/mol. The average Bonchev–Trinajstić information content (AvgIpc) is 2.47. The fourth-order valence-corrected chi connectivity index (χ4v) is 3.30. The molecule has 0 aromatic heterocycles. The van der Waals surface area contributed by atoms with Gasteiger partial charge < -0.3 is 24.8 Å². The molecule has 0 aromatic rings. The lowest BCUT2D eigenvalue weighted by Gasteiger charge is -2.50. The predicted octanol–water partition coefficient (Wildman–Crippen LogP) is 1.40. The molecule has 5 nitrogen and oxygen atoms in total. The maximum absolute atomic E-state index is 10.4. The van der Waals surface area contributed by atoms with Gasteiger partial charge in [-0.2, -0.15) is 0 Å². The van der Waals surface area contributed by atoms with Crippen LogP contribution in [0.5, 0.6) is 0 Å². The molecular weight excluding hydrogens is 272 g/mol. The first kappa shape index (κ1) is 18.8. The van der Waals surface area contributed by atoms with Crippen LogP contribution in [-0.4, -0.2) is 53.1 Å². The summed E-state index contributed by atoms with van der Waals surface area (Å²) in [5.41, 5.74) is 0. The van der Waals surface area contributed by atoms with Gasteiger partial charge in [-0.15, -0.1) is 0 Å². The molecule has 21 heavy (non-hydrogen) atoms. The third-order valence-corrected chi connectivity index (χ3v) is 5.03. The van der Waals surface area contributed by atoms with Crippen molar-refractivity contribution < 1.29 is 24.8 Å². The SMILES string of the molecule is CO[C@]1([C@@H](C)[C@H](O)[C@H](C)CO)C[C@@H](O)[C@H](C)[C@@H](C(C)C)O1. The summed E-state index contributed by atoms with van der Waals surface area (Å²) in [5.74, 6) is -1.39. The van der Waals surface area contributed by atoms with Gasteiger partial charge in [0.15, 0.2) is 5.79 Å². The molecule has 1 rings (SSSR count). The number of hydrogen-bond donors (Lipinski definition) is 3. The number of aliphatic hydroxyl groups excluding tert-OH is 3. The summed E-state index contributed by atoms with van der Waals surface area (Å²) in [5, 5.41) is 30.1. The van der Waals surface area contributed by atoms with Crippen molar-refractivity contribution in [2.45, 2.75) is 65.1 Å². The molecule has 0 aromatic carbocycles. The Morgan fingerprint density at radius 3 is 2.29 bits per heavy atom. The molecule has 0 spiro atoms. The summed E-state index contributed by atoms with van der Waals surface area (Å²) >= 11 is 0. The molecule has 1 fully saturated rings. The highest BCUT2D eigenvalue weighted by Crippen LogP contribution is 2.42. The molecule has 3 N–H and O–H groups in total. The van der Waals surface area contributed by atoms with Crippen LogP contribution in [0.3, 0.4) is 0 Å². The smallest absolute Gasteiger partial charge is 0.175 e. The lowest BCUT2D eigenvalue weighted by atomic mass is 9.77. The fraction of sp³-hybridized carbons (Fsp3) is 1.00. The van der Waals surface area contributed by atoms with Gasteiger partial charge in [0.05, 0.1) is 18.3 Å². The van der Waals surface area contributed by atoms with Gasteiger partial charge in [-0.1, -0.05) is 34.6 Å². The van der Waals surface area contributed by atoms with Gasteiger partial charge in [-0.25, -0.2) is 0 Å². The van der Waals surface area contributed by atoms with Crippen molar-refractivity contribution in [2.75, 3.05) is 13.7 Å². The van der Waals surface area contributed by atoms with Gasteiger partial charge in [-0.05, 0) is 5.92 Å². The van der Waals surface area contributed by atoms with Crippen LogP contribution in [0, 0.1) is 23.7 Å². The Kier molecular flexibility index (Phi) is 6.62. The van der Waals surface area contributed by atoms with Crippen molar-refractivity contribution in [2.24, 2.45) is 23.7 Å². The van der Waals surface area contributed by atoms with Gasteiger partial charge in [0.25, 0.3) is 0 Å². The maximum Gasteiger partial charge on any atom is 0.175 e. The molecule has 0 unspecified atom stereocenters. The zero-order valence-corrected chi connectivity index (χ0v) is 14.1. The molecule has 0 aliphatic carbocycles. The molecule has 1 heterocycles. The van der Waals surface area contributed by atoms with Gasteiger partial charge in [0.2, 0.25) is 0 Å². The van der Waals surface area contributed by atoms with Gasteiger partial charge in [0, 0.05) is 37.9 Å². The van der Waals surface area contributed by atoms with E-state index in [2.05, 4.69) is 13.8 Å². The number of ether oxygens (including phenoxy) is 2. The summed E-state index contributed by atoms with van der Waals surface area (Å²) in [6, 6.07) is 0. The van der Waals surface area contributed by atoms with E-state index in [0.717, 1.165) is 0 Å². The first-order valence-corrected chi connectivity index (χ1v) is 7.90. The highest BCUT2D eigenvalue weighted by molar-refractivity contribution is 4.94. The summed E-state index contributed by atoms with van der Waals surface area (Å²) in [4.78, 5) is 0. The molecule has 0 amide bonds. The Morgan fingerprint density at radius 1 is 1.29 bits per heavy atom. The maximum atomic E-state index is 10.4. The largest absolute Gasteiger partial charge is 0.396 e. The van der Waals surface area contributed by atoms with Crippen LogP contribution in [0.4, 0.5) is 0 Å². The van der Waals surface area contributed by atoms with Crippen LogP contribution in [0.2, 0.25) is 0 Å². The second-order valence-corrected chi connectivity index (χ2v) is 6.91. The van der Waals surface area contributed by atoms with E-state index < -0.39 is 18.0 Å². The highest BCUT2D eigenvalue weighted by Gasteiger charge is 2.51. The quantitative estimate of drug-likeness (QED) is 0.691. The molecule has 1 aliphatic rings. The third kappa shape index (κ3) is 3.77. The van der Waals surface area contributed by atoms with Gasteiger partial charge in [0.1, 0.15) is 0 Å². The summed E-state index contributed by atoms with van der Waals surface area (Å²) in [7, 11) is 1.55. The van der Waals surface area contributed by atoms with E-state index in [1.165, 1.54) is 0 Å². The summed E-state index contributed by atoms with van der Waals surface area (Å²) < 4.78 is 11.9. The van der Waals surface area contributed by atoms with Gasteiger partial charge >= 0.3 is 0 Å². The first-order chi connectivity index (χ1) is 9.70. The molecule has 0 saturated carbocycles. The Hall–Kier alpha value is -0.200. The molecule has 0 radical (unpaired) electrons. The van der Waals surface area contributed by atoms with Crippen molar-refractivity contribution in [3.63, 3.8) is 0 Å². The Bertz CT molecular complexity index is 322. The summed E-state index contributed by atoms with van der Waals surface area (Å²) in [6.07, 6.45) is -1.11. The van der Waals surface area contributed by atoms with Crippen LogP contribution in [0.25, 0.3) is 0 Å². The number of aliphatic hydroxyl groups is 3. The van der Waals surface area contributed by atoms with Crippen molar-refractivity contribution >= 4 is 0 Å². The van der Waals surface area contributed by atoms with Crippen LogP contribution in [0.15, 0.2) is 0 Å². The fourth-order valence-electron chi connectivity index (χ4n) is 3.30. The Balaban J connectivity index is 3.02. The lowest BCUT2D eigenvalue weighted by Crippen LogP contribution is -2.59. The zero-order valence-electron chi connectivity index (χ0n) is 14.1. The van der Waals surface area contributed by atoms with Gasteiger partial charge in [-0.3, -0.25) is 0 Å². The Morgan fingerprint density at radius 2 is 1.86 bits per heavy atom. The standard InChI is InChI=1S/C16H32O5/c1-9(2)15-11(4)13(18)7-16(20-6,21-15)12(5)14(19)10(3)8-17/h9-15,17-19H,7-8H2,1-6H3/t10-,11+,12+,13-,14-,15-,16-/m1/s1. The lowest BCUT2D eigenvalue weighted by molar-refractivity contribution is -0.337. The molecule has 1 aliphatic heterocycles. The second kappa shape index (κ2) is 7.38. The molecule has 5 heteroatoms. The number of hydrogen-bond acceptors (Lipinski definition) is 5. The van der Waals surface area contributed by atoms with E-state index in [-0.39, 0.29) is 36.4 Å². The molecular formula is C16H32O5. The van der Waals surface area contributed by atoms with E-state index in [4.69, 9.17) is 9.47 Å². The normalized spacial score (nSPS) is 38.3. The first-order valence-electron chi connectivity index (χ1n) is 7.90. The highest BCUT2D eigenvalue weighted by atomic mass is 16.7. The van der Waals surface area contributed by atoms with Crippen LogP contribution >= 0.6 is 0 Å². The van der Waals surface area contributed by atoms with E-state index in [1.807, 2.05) is 13.8 Å². The zero-order chi connectivity index (χ0) is 16.4. The number of rotatable bonds is 6. The number of methoxy groups -OCH3 is 1. The molecule has 0 bridgehead atoms. The minimum absolute atomic E-state index is 0.0212. The van der Waals surface area contributed by atoms with Crippen molar-refractivity contribution in [1.29, 1.82) is 0 Å². The van der Waals surface area contributed by atoms with Crippen molar-refractivity contribution in [1.82, 2.24) is 0 Å². The van der Waals surface area contributed by atoms with Crippen molar-refractivity contribution in [3.8, 4) is 0 Å². The minimum Gasteiger partial charge on any atom is -0.396 e. The minimum atomic E-state index is -1.02. The molecule has 1 saturated heterocycles. The van der Waals surface area contributed by atoms with Crippen molar-refractivity contribution in [3.05, 3.63) is 0 Å². The van der Waals surface area contributed by atoms with E-state index >= 15 is 0 Å². The molecule has 126 valence electrons. The van der Waals surface area contributed by atoms with Crippen LogP contribution < -0.4 is 0 Å². The second-order valence-electron chi connectivity index (χ2n) is 6.91. The average molecular weight is 304 g/mol.